The van der Waals surface area contributed by atoms with Gasteiger partial charge in [0.15, 0.2) is 0 Å². The van der Waals surface area contributed by atoms with Crippen LogP contribution in [0.25, 0.3) is 0 Å². The van der Waals surface area contributed by atoms with E-state index in [1.165, 1.54) is 96.2 Å². The van der Waals surface area contributed by atoms with Crippen LogP contribution in [0.1, 0.15) is 57.4 Å². The number of likely N-dealkylation sites (tertiary alicyclic amines) is 2. The molecule has 25 heavy (non-hydrogen) atoms. The minimum atomic E-state index is 0.901. The van der Waals surface area contributed by atoms with Crippen LogP contribution < -0.4 is 0 Å². The van der Waals surface area contributed by atoms with Crippen LogP contribution in [-0.4, -0.2) is 49.1 Å². The van der Waals surface area contributed by atoms with Crippen molar-refractivity contribution in [2.24, 2.45) is 11.8 Å². The van der Waals surface area contributed by atoms with Crippen molar-refractivity contribution in [2.45, 2.75) is 58.3 Å². The molecule has 0 N–H and O–H groups in total. The molecule has 0 aromatic heterocycles. The molecular weight excluding hydrogens is 304 g/mol. The predicted molar refractivity (Wildman–Crippen MR) is 108 cm³/mol. The molecule has 1 aromatic rings. The van der Waals surface area contributed by atoms with Crippen LogP contribution in [-0.2, 0) is 6.42 Å². The standard InChI is InChI=1S/C23H38N2/c1-2-21-10-16-24(17-11-21)14-6-7-15-25-18-12-23(13-19-25)20-22-8-4-3-5-9-22/h3-5,8-9,21,23H,2,6-7,10-20H2,1H3. The summed E-state index contributed by atoms with van der Waals surface area (Å²) in [7, 11) is 0. The Balaban J connectivity index is 1.24. The molecule has 2 aliphatic heterocycles. The van der Waals surface area contributed by atoms with E-state index in [9.17, 15) is 0 Å². The molecule has 0 unspecified atom stereocenters. The Labute approximate surface area is 155 Å². The Morgan fingerprint density at radius 3 is 1.80 bits per heavy atom. The van der Waals surface area contributed by atoms with E-state index < -0.39 is 0 Å². The van der Waals surface area contributed by atoms with Gasteiger partial charge in [-0.1, -0.05) is 43.7 Å². The van der Waals surface area contributed by atoms with E-state index in [0.29, 0.717) is 0 Å². The summed E-state index contributed by atoms with van der Waals surface area (Å²) in [4.78, 5) is 5.42. The SMILES string of the molecule is CCC1CCN(CCCCN2CCC(Cc3ccccc3)CC2)CC1. The van der Waals surface area contributed by atoms with Crippen molar-refractivity contribution < 1.29 is 0 Å². The van der Waals surface area contributed by atoms with Gasteiger partial charge in [0.2, 0.25) is 0 Å². The summed E-state index contributed by atoms with van der Waals surface area (Å²) in [5, 5.41) is 0. The van der Waals surface area contributed by atoms with Gasteiger partial charge >= 0.3 is 0 Å². The molecule has 0 saturated carbocycles. The highest BCUT2D eigenvalue weighted by Gasteiger charge is 2.20. The second kappa shape index (κ2) is 10.3. The Morgan fingerprint density at radius 1 is 0.760 bits per heavy atom. The first-order valence-electron chi connectivity index (χ1n) is 10.8. The third kappa shape index (κ3) is 6.42. The fourth-order valence-electron chi connectivity index (χ4n) is 4.65. The molecule has 140 valence electrons. The highest BCUT2D eigenvalue weighted by Crippen LogP contribution is 2.22. The Kier molecular flexibility index (Phi) is 7.81. The van der Waals surface area contributed by atoms with E-state index in [-0.39, 0.29) is 0 Å². The van der Waals surface area contributed by atoms with Gasteiger partial charge in [-0.05, 0) is 102 Å². The number of nitrogens with zero attached hydrogens (tertiary/aromatic N) is 2. The molecular formula is C23H38N2. The van der Waals surface area contributed by atoms with Crippen molar-refractivity contribution in [3.63, 3.8) is 0 Å². The molecule has 2 fully saturated rings. The lowest BCUT2D eigenvalue weighted by molar-refractivity contribution is 0.163. The van der Waals surface area contributed by atoms with E-state index in [1.807, 2.05) is 0 Å². The third-order valence-corrected chi connectivity index (χ3v) is 6.56. The maximum absolute atomic E-state index is 2.71. The number of benzene rings is 1. The maximum atomic E-state index is 2.71. The summed E-state index contributed by atoms with van der Waals surface area (Å²) < 4.78 is 0. The summed E-state index contributed by atoms with van der Waals surface area (Å²) in [6, 6.07) is 11.0. The summed E-state index contributed by atoms with van der Waals surface area (Å²) in [6.07, 6.45) is 11.1. The lowest BCUT2D eigenvalue weighted by Gasteiger charge is -2.33. The van der Waals surface area contributed by atoms with Crippen molar-refractivity contribution >= 4 is 0 Å². The number of unbranched alkanes of at least 4 members (excludes halogenated alkanes) is 1. The van der Waals surface area contributed by atoms with E-state index in [4.69, 9.17) is 0 Å². The van der Waals surface area contributed by atoms with Crippen LogP contribution in [0.2, 0.25) is 0 Å². The molecule has 0 spiro atoms. The van der Waals surface area contributed by atoms with Crippen LogP contribution in [0, 0.1) is 11.8 Å². The second-order valence-electron chi connectivity index (χ2n) is 8.38. The number of piperidine rings is 2. The van der Waals surface area contributed by atoms with E-state index in [2.05, 4.69) is 47.1 Å². The van der Waals surface area contributed by atoms with Crippen LogP contribution in [0.15, 0.2) is 30.3 Å². The van der Waals surface area contributed by atoms with Crippen LogP contribution in [0.3, 0.4) is 0 Å². The van der Waals surface area contributed by atoms with Gasteiger partial charge in [-0.25, -0.2) is 0 Å². The van der Waals surface area contributed by atoms with Gasteiger partial charge in [0.25, 0.3) is 0 Å². The van der Waals surface area contributed by atoms with Crippen LogP contribution in [0.5, 0.6) is 0 Å². The first-order valence-corrected chi connectivity index (χ1v) is 10.8. The highest BCUT2D eigenvalue weighted by molar-refractivity contribution is 5.15. The van der Waals surface area contributed by atoms with Crippen LogP contribution >= 0.6 is 0 Å². The van der Waals surface area contributed by atoms with Gasteiger partial charge in [0, 0.05) is 0 Å². The molecule has 2 saturated heterocycles. The summed E-state index contributed by atoms with van der Waals surface area (Å²) in [5.74, 6) is 1.91. The maximum Gasteiger partial charge on any atom is -0.00160 e. The Morgan fingerprint density at radius 2 is 1.28 bits per heavy atom. The minimum absolute atomic E-state index is 0.901. The molecule has 3 rings (SSSR count). The average Bonchev–Trinajstić information content (AvgIpc) is 2.68. The van der Waals surface area contributed by atoms with Crippen molar-refractivity contribution in [1.29, 1.82) is 0 Å². The first-order chi connectivity index (χ1) is 12.3. The molecule has 2 heteroatoms. The fourth-order valence-corrected chi connectivity index (χ4v) is 4.65. The molecule has 2 heterocycles. The normalized spacial score (nSPS) is 21.6. The van der Waals surface area contributed by atoms with Crippen molar-refractivity contribution in [3.8, 4) is 0 Å². The van der Waals surface area contributed by atoms with Crippen molar-refractivity contribution in [2.75, 3.05) is 39.3 Å². The molecule has 0 radical (unpaired) electrons. The molecule has 1 aromatic carbocycles. The lowest BCUT2D eigenvalue weighted by Crippen LogP contribution is -2.36. The molecule has 0 aliphatic carbocycles. The van der Waals surface area contributed by atoms with E-state index in [0.717, 1.165) is 11.8 Å². The molecule has 0 atom stereocenters. The zero-order valence-corrected chi connectivity index (χ0v) is 16.3. The molecule has 2 nitrogen and oxygen atoms in total. The summed E-state index contributed by atoms with van der Waals surface area (Å²) in [5.41, 5.74) is 1.52. The predicted octanol–water partition coefficient (Wildman–Crippen LogP) is 4.84. The van der Waals surface area contributed by atoms with Gasteiger partial charge in [-0.3, -0.25) is 0 Å². The van der Waals surface area contributed by atoms with Crippen LogP contribution in [0.4, 0.5) is 0 Å². The van der Waals surface area contributed by atoms with E-state index >= 15 is 0 Å². The number of rotatable bonds is 8. The minimum Gasteiger partial charge on any atom is -0.303 e. The fraction of sp³-hybridized carbons (Fsp3) is 0.739. The zero-order valence-electron chi connectivity index (χ0n) is 16.3. The molecule has 2 aliphatic rings. The first kappa shape index (κ1) is 18.9. The average molecular weight is 343 g/mol. The molecule has 0 bridgehead atoms. The number of hydrogen-bond donors (Lipinski definition) is 0. The molecule has 0 amide bonds. The van der Waals surface area contributed by atoms with Gasteiger partial charge < -0.3 is 9.80 Å². The van der Waals surface area contributed by atoms with Crippen molar-refractivity contribution in [3.05, 3.63) is 35.9 Å². The lowest BCUT2D eigenvalue weighted by atomic mass is 9.90. The number of hydrogen-bond acceptors (Lipinski definition) is 2. The topological polar surface area (TPSA) is 6.48 Å². The van der Waals surface area contributed by atoms with E-state index in [1.54, 1.807) is 0 Å². The largest absolute Gasteiger partial charge is 0.303 e. The van der Waals surface area contributed by atoms with Gasteiger partial charge in [0.05, 0.1) is 0 Å². The Bertz CT molecular complexity index is 456. The smallest absolute Gasteiger partial charge is 0.00160 e. The second-order valence-corrected chi connectivity index (χ2v) is 8.38. The third-order valence-electron chi connectivity index (χ3n) is 6.56. The monoisotopic (exact) mass is 342 g/mol. The van der Waals surface area contributed by atoms with Gasteiger partial charge in [-0.2, -0.15) is 0 Å². The highest BCUT2D eigenvalue weighted by atomic mass is 15.1. The van der Waals surface area contributed by atoms with Crippen molar-refractivity contribution in [1.82, 2.24) is 9.80 Å². The Hall–Kier alpha value is -0.860. The quantitative estimate of drug-likeness (QED) is 0.624. The van der Waals surface area contributed by atoms with Gasteiger partial charge in [-0.15, -0.1) is 0 Å². The van der Waals surface area contributed by atoms with Gasteiger partial charge in [0.1, 0.15) is 0 Å². The summed E-state index contributed by atoms with van der Waals surface area (Å²) in [6.45, 7) is 10.3. The summed E-state index contributed by atoms with van der Waals surface area (Å²) >= 11 is 0. The zero-order chi connectivity index (χ0) is 17.3.